The molecular weight excluding hydrogens is 308 g/mol. The third-order valence-electron chi connectivity index (χ3n) is 2.89. The topological polar surface area (TPSA) is 67.8 Å². The maximum absolute atomic E-state index is 12.4. The van der Waals surface area contributed by atoms with Crippen LogP contribution in [0.15, 0.2) is 17.8 Å². The van der Waals surface area contributed by atoms with E-state index in [4.69, 9.17) is 11.6 Å². The van der Waals surface area contributed by atoms with Gasteiger partial charge in [0.1, 0.15) is 16.5 Å². The van der Waals surface area contributed by atoms with Crippen LogP contribution in [0.1, 0.15) is 54.9 Å². The third-order valence-corrected chi connectivity index (χ3v) is 4.26. The molecule has 2 heterocycles. The number of hydrogen-bond acceptors (Lipinski definition) is 5. The van der Waals surface area contributed by atoms with Gasteiger partial charge in [-0.2, -0.15) is 0 Å². The Balaban J connectivity index is 2.26. The normalized spacial score (nSPS) is 11.7. The standard InChI is InChI=1S/C14H17ClN4OS/c1-8(2)11-17-7-9(15)10(18-11)12(20)19-14(3,4)13-16-5-6-21-13/h5-8H,1-4H3,(H,19,20). The second-order valence-electron chi connectivity index (χ2n) is 5.50. The predicted octanol–water partition coefficient (Wildman–Crippen LogP) is 3.38. The van der Waals surface area contributed by atoms with Crippen LogP contribution in [0.5, 0.6) is 0 Å². The summed E-state index contributed by atoms with van der Waals surface area (Å²) < 4.78 is 0. The van der Waals surface area contributed by atoms with Crippen molar-refractivity contribution in [1.29, 1.82) is 0 Å². The summed E-state index contributed by atoms with van der Waals surface area (Å²) in [6.45, 7) is 7.71. The van der Waals surface area contributed by atoms with Gasteiger partial charge in [0.25, 0.3) is 5.91 Å². The molecule has 21 heavy (non-hydrogen) atoms. The van der Waals surface area contributed by atoms with Crippen LogP contribution in [0.4, 0.5) is 0 Å². The first kappa shape index (κ1) is 15.9. The van der Waals surface area contributed by atoms with Gasteiger partial charge >= 0.3 is 0 Å². The fourth-order valence-corrected chi connectivity index (χ4v) is 2.64. The Morgan fingerprint density at radius 2 is 2.10 bits per heavy atom. The van der Waals surface area contributed by atoms with E-state index in [-0.39, 0.29) is 22.5 Å². The molecule has 0 unspecified atom stereocenters. The number of thiazole rings is 1. The highest BCUT2D eigenvalue weighted by atomic mass is 35.5. The lowest BCUT2D eigenvalue weighted by molar-refractivity contribution is 0.0906. The number of aromatic nitrogens is 3. The van der Waals surface area contributed by atoms with Crippen molar-refractivity contribution in [2.24, 2.45) is 0 Å². The molecular formula is C14H17ClN4OS. The van der Waals surface area contributed by atoms with E-state index in [0.29, 0.717) is 5.82 Å². The number of nitrogens with zero attached hydrogens (tertiary/aromatic N) is 3. The average molecular weight is 325 g/mol. The van der Waals surface area contributed by atoms with Gasteiger partial charge in [-0.3, -0.25) is 4.79 Å². The highest BCUT2D eigenvalue weighted by Crippen LogP contribution is 2.23. The summed E-state index contributed by atoms with van der Waals surface area (Å²) in [5.41, 5.74) is -0.391. The van der Waals surface area contributed by atoms with Crippen LogP contribution in [0.3, 0.4) is 0 Å². The smallest absolute Gasteiger partial charge is 0.272 e. The molecule has 0 aliphatic heterocycles. The molecule has 0 aliphatic rings. The molecule has 1 amide bonds. The van der Waals surface area contributed by atoms with Crippen molar-refractivity contribution in [2.75, 3.05) is 0 Å². The van der Waals surface area contributed by atoms with Gasteiger partial charge in [0.05, 0.1) is 16.8 Å². The van der Waals surface area contributed by atoms with Crippen molar-refractivity contribution < 1.29 is 4.79 Å². The molecule has 0 aliphatic carbocycles. The van der Waals surface area contributed by atoms with Crippen molar-refractivity contribution in [2.45, 2.75) is 39.2 Å². The van der Waals surface area contributed by atoms with E-state index in [1.165, 1.54) is 17.5 Å². The van der Waals surface area contributed by atoms with Gasteiger partial charge in [0.15, 0.2) is 0 Å². The second kappa shape index (κ2) is 6.07. The van der Waals surface area contributed by atoms with Gasteiger partial charge in [-0.1, -0.05) is 25.4 Å². The highest BCUT2D eigenvalue weighted by Gasteiger charge is 2.27. The van der Waals surface area contributed by atoms with Crippen LogP contribution in [0.2, 0.25) is 5.02 Å². The third kappa shape index (κ3) is 3.57. The molecule has 0 fully saturated rings. The molecule has 0 saturated heterocycles. The molecule has 2 aromatic rings. The van der Waals surface area contributed by atoms with E-state index in [0.717, 1.165) is 5.01 Å². The second-order valence-corrected chi connectivity index (χ2v) is 6.80. The number of amides is 1. The largest absolute Gasteiger partial charge is 0.339 e. The number of halogens is 1. The van der Waals surface area contributed by atoms with E-state index in [2.05, 4.69) is 20.3 Å². The van der Waals surface area contributed by atoms with E-state index in [1.54, 1.807) is 6.20 Å². The number of nitrogens with one attached hydrogen (secondary N) is 1. The molecule has 0 atom stereocenters. The first-order chi connectivity index (χ1) is 9.81. The Hall–Kier alpha value is -1.53. The Labute approximate surface area is 132 Å². The fourth-order valence-electron chi connectivity index (χ4n) is 1.75. The molecule has 0 saturated carbocycles. The van der Waals surface area contributed by atoms with Crippen molar-refractivity contribution in [3.05, 3.63) is 39.3 Å². The Bertz CT molecular complexity index is 640. The quantitative estimate of drug-likeness (QED) is 0.936. The minimum Gasteiger partial charge on any atom is -0.339 e. The first-order valence-corrected chi connectivity index (χ1v) is 7.82. The molecule has 0 spiro atoms. The van der Waals surface area contributed by atoms with Crippen LogP contribution in [0.25, 0.3) is 0 Å². The highest BCUT2D eigenvalue weighted by molar-refractivity contribution is 7.09. The van der Waals surface area contributed by atoms with E-state index >= 15 is 0 Å². The molecule has 1 N–H and O–H groups in total. The van der Waals surface area contributed by atoms with E-state index in [9.17, 15) is 4.79 Å². The van der Waals surface area contributed by atoms with Crippen LogP contribution >= 0.6 is 22.9 Å². The summed E-state index contributed by atoms with van der Waals surface area (Å²) >= 11 is 7.54. The molecule has 0 radical (unpaired) electrons. The van der Waals surface area contributed by atoms with Gasteiger partial charge in [-0.15, -0.1) is 11.3 Å². The lowest BCUT2D eigenvalue weighted by Crippen LogP contribution is -2.41. The van der Waals surface area contributed by atoms with Crippen LogP contribution < -0.4 is 5.32 Å². The Kier molecular flexibility index (Phi) is 4.58. The lowest BCUT2D eigenvalue weighted by atomic mass is 10.1. The van der Waals surface area contributed by atoms with E-state index < -0.39 is 5.54 Å². The number of rotatable bonds is 4. The van der Waals surface area contributed by atoms with Gasteiger partial charge in [-0.05, 0) is 13.8 Å². The SMILES string of the molecule is CC(C)c1ncc(Cl)c(C(=O)NC(C)(C)c2nccs2)n1. The summed E-state index contributed by atoms with van der Waals surface area (Å²) in [5, 5.41) is 5.86. The summed E-state index contributed by atoms with van der Waals surface area (Å²) in [5.74, 6) is 0.391. The molecule has 5 nitrogen and oxygen atoms in total. The van der Waals surface area contributed by atoms with Crippen molar-refractivity contribution in [3.8, 4) is 0 Å². The zero-order chi connectivity index (χ0) is 15.6. The number of carbonyl (C=O) groups is 1. The Morgan fingerprint density at radius 1 is 1.38 bits per heavy atom. The van der Waals surface area contributed by atoms with Crippen LogP contribution in [-0.4, -0.2) is 20.9 Å². The van der Waals surface area contributed by atoms with E-state index in [1.807, 2.05) is 33.1 Å². The molecule has 2 aromatic heterocycles. The van der Waals surface area contributed by atoms with Crippen LogP contribution in [-0.2, 0) is 5.54 Å². The average Bonchev–Trinajstić information content (AvgIpc) is 2.92. The Morgan fingerprint density at radius 3 is 2.67 bits per heavy atom. The maximum Gasteiger partial charge on any atom is 0.272 e. The van der Waals surface area contributed by atoms with Gasteiger partial charge in [-0.25, -0.2) is 15.0 Å². The monoisotopic (exact) mass is 324 g/mol. The van der Waals surface area contributed by atoms with Crippen molar-refractivity contribution in [3.63, 3.8) is 0 Å². The maximum atomic E-state index is 12.4. The fraction of sp³-hybridized carbons (Fsp3) is 0.429. The summed E-state index contributed by atoms with van der Waals surface area (Å²) in [7, 11) is 0. The van der Waals surface area contributed by atoms with Crippen LogP contribution in [0, 0.1) is 0 Å². The van der Waals surface area contributed by atoms with Gasteiger partial charge < -0.3 is 5.32 Å². The minimum absolute atomic E-state index is 0.126. The summed E-state index contributed by atoms with van der Waals surface area (Å²) in [4.78, 5) is 25.1. The number of carbonyl (C=O) groups excluding carboxylic acids is 1. The van der Waals surface area contributed by atoms with Gasteiger partial charge in [0.2, 0.25) is 0 Å². The first-order valence-electron chi connectivity index (χ1n) is 6.56. The van der Waals surface area contributed by atoms with Crippen molar-refractivity contribution >= 4 is 28.8 Å². The zero-order valence-electron chi connectivity index (χ0n) is 12.3. The molecule has 112 valence electrons. The zero-order valence-corrected chi connectivity index (χ0v) is 13.9. The minimum atomic E-state index is -0.586. The summed E-state index contributed by atoms with van der Waals surface area (Å²) in [6.07, 6.45) is 3.18. The number of hydrogen-bond donors (Lipinski definition) is 1. The molecule has 0 aromatic carbocycles. The predicted molar refractivity (Wildman–Crippen MR) is 83.7 cm³/mol. The molecule has 0 bridgehead atoms. The van der Waals surface area contributed by atoms with Gasteiger partial charge in [0, 0.05) is 17.5 Å². The lowest BCUT2D eigenvalue weighted by Gasteiger charge is -2.23. The molecule has 7 heteroatoms. The summed E-state index contributed by atoms with van der Waals surface area (Å²) in [6, 6.07) is 0. The van der Waals surface area contributed by atoms with Crippen molar-refractivity contribution in [1.82, 2.24) is 20.3 Å². The molecule has 2 rings (SSSR count).